The number of aryl methyl sites for hydroxylation is 1. The van der Waals surface area contributed by atoms with E-state index in [0.717, 1.165) is 31.5 Å². The third kappa shape index (κ3) is 3.57. The average molecular weight is 239 g/mol. The lowest BCUT2D eigenvalue weighted by Gasteiger charge is -2.04. The zero-order valence-corrected chi connectivity index (χ0v) is 10.3. The maximum absolute atomic E-state index is 11.3. The van der Waals surface area contributed by atoms with Crippen LogP contribution in [-0.4, -0.2) is 30.0 Å². The monoisotopic (exact) mass is 239 g/mol. The molecular weight excluding hydrogens is 222 g/mol. The summed E-state index contributed by atoms with van der Waals surface area (Å²) in [7, 11) is 0. The molecule has 4 nitrogen and oxygen atoms in total. The molecule has 0 unspecified atom stereocenters. The largest absolute Gasteiger partial charge is 0.352 e. The lowest BCUT2D eigenvalue weighted by Crippen LogP contribution is -2.35. The van der Waals surface area contributed by atoms with Gasteiger partial charge in [0.15, 0.2) is 0 Å². The summed E-state index contributed by atoms with van der Waals surface area (Å²) in [5.74, 6) is 0.114. The maximum atomic E-state index is 11.3. The molecule has 0 spiro atoms. The molecule has 0 bridgehead atoms. The fourth-order valence-electron chi connectivity index (χ4n) is 1.48. The van der Waals surface area contributed by atoms with Crippen molar-refractivity contribution in [2.45, 2.75) is 32.2 Å². The number of amides is 1. The third-order valence-electron chi connectivity index (χ3n) is 2.60. The third-order valence-corrected chi connectivity index (χ3v) is 3.60. The molecule has 0 aliphatic heterocycles. The van der Waals surface area contributed by atoms with Gasteiger partial charge in [-0.05, 0) is 26.2 Å². The van der Waals surface area contributed by atoms with E-state index in [-0.39, 0.29) is 5.91 Å². The van der Waals surface area contributed by atoms with Crippen molar-refractivity contribution in [2.75, 3.05) is 13.1 Å². The SMILES string of the molecule is Cc1ncsc1CCNCC(=O)NC1CC1. The van der Waals surface area contributed by atoms with Crippen LogP contribution in [-0.2, 0) is 11.2 Å². The molecule has 1 amide bonds. The topological polar surface area (TPSA) is 54.0 Å². The van der Waals surface area contributed by atoms with Crippen LogP contribution in [0.25, 0.3) is 0 Å². The van der Waals surface area contributed by atoms with Crippen LogP contribution in [0, 0.1) is 6.92 Å². The van der Waals surface area contributed by atoms with Crippen LogP contribution in [0.3, 0.4) is 0 Å². The van der Waals surface area contributed by atoms with Gasteiger partial charge in [0.05, 0.1) is 17.7 Å². The molecule has 1 aliphatic rings. The Morgan fingerprint density at radius 1 is 1.62 bits per heavy atom. The Hall–Kier alpha value is -0.940. The standard InChI is InChI=1S/C11H17N3OS/c1-8-10(16-7-13-8)4-5-12-6-11(15)14-9-2-3-9/h7,9,12H,2-6H2,1H3,(H,14,15). The van der Waals surface area contributed by atoms with Crippen LogP contribution < -0.4 is 10.6 Å². The quantitative estimate of drug-likeness (QED) is 0.724. The first-order chi connectivity index (χ1) is 7.75. The second-order valence-electron chi connectivity index (χ2n) is 4.13. The van der Waals surface area contributed by atoms with Crippen molar-refractivity contribution in [1.82, 2.24) is 15.6 Å². The fraction of sp³-hybridized carbons (Fsp3) is 0.636. The molecular formula is C11H17N3OS. The highest BCUT2D eigenvalue weighted by molar-refractivity contribution is 7.09. The molecule has 0 atom stereocenters. The highest BCUT2D eigenvalue weighted by Crippen LogP contribution is 2.18. The van der Waals surface area contributed by atoms with Gasteiger partial charge in [-0.1, -0.05) is 0 Å². The molecule has 1 heterocycles. The van der Waals surface area contributed by atoms with Crippen molar-refractivity contribution in [3.63, 3.8) is 0 Å². The Balaban J connectivity index is 1.57. The first-order valence-electron chi connectivity index (χ1n) is 5.65. The number of carbonyl (C=O) groups is 1. The van der Waals surface area contributed by atoms with Crippen LogP contribution in [0.4, 0.5) is 0 Å². The Bertz CT molecular complexity index is 360. The Morgan fingerprint density at radius 3 is 3.06 bits per heavy atom. The molecule has 1 aliphatic carbocycles. The van der Waals surface area contributed by atoms with Crippen molar-refractivity contribution >= 4 is 17.2 Å². The van der Waals surface area contributed by atoms with Crippen LogP contribution in [0.15, 0.2) is 5.51 Å². The second-order valence-corrected chi connectivity index (χ2v) is 5.07. The number of thiazole rings is 1. The van der Waals surface area contributed by atoms with Crippen molar-refractivity contribution < 1.29 is 4.79 Å². The number of nitrogens with zero attached hydrogens (tertiary/aromatic N) is 1. The molecule has 0 saturated heterocycles. The lowest BCUT2D eigenvalue weighted by molar-refractivity contribution is -0.120. The van der Waals surface area contributed by atoms with Gasteiger partial charge in [0.2, 0.25) is 5.91 Å². The Morgan fingerprint density at radius 2 is 2.44 bits per heavy atom. The van der Waals surface area contributed by atoms with Crippen LogP contribution in [0.2, 0.25) is 0 Å². The summed E-state index contributed by atoms with van der Waals surface area (Å²) in [5.41, 5.74) is 2.97. The van der Waals surface area contributed by atoms with E-state index < -0.39 is 0 Å². The van der Waals surface area contributed by atoms with E-state index in [1.807, 2.05) is 12.4 Å². The van der Waals surface area contributed by atoms with E-state index >= 15 is 0 Å². The molecule has 1 fully saturated rings. The average Bonchev–Trinajstić information content (AvgIpc) is 2.96. The Labute approximate surface area is 99.5 Å². The van der Waals surface area contributed by atoms with Gasteiger partial charge in [-0.15, -0.1) is 11.3 Å². The number of rotatable bonds is 6. The lowest BCUT2D eigenvalue weighted by atomic mass is 10.3. The van der Waals surface area contributed by atoms with Crippen molar-refractivity contribution in [3.05, 3.63) is 16.1 Å². The van der Waals surface area contributed by atoms with E-state index in [9.17, 15) is 4.79 Å². The number of hydrogen-bond acceptors (Lipinski definition) is 4. The van der Waals surface area contributed by atoms with Gasteiger partial charge in [0.1, 0.15) is 0 Å². The van der Waals surface area contributed by atoms with E-state index in [2.05, 4.69) is 15.6 Å². The minimum Gasteiger partial charge on any atom is -0.352 e. The summed E-state index contributed by atoms with van der Waals surface area (Å²) >= 11 is 1.68. The summed E-state index contributed by atoms with van der Waals surface area (Å²) in [4.78, 5) is 16.8. The van der Waals surface area contributed by atoms with E-state index in [1.165, 1.54) is 4.88 Å². The van der Waals surface area contributed by atoms with E-state index in [0.29, 0.717) is 12.6 Å². The maximum Gasteiger partial charge on any atom is 0.234 e. The van der Waals surface area contributed by atoms with Crippen molar-refractivity contribution in [2.24, 2.45) is 0 Å². The summed E-state index contributed by atoms with van der Waals surface area (Å²) in [6, 6.07) is 0.457. The number of aromatic nitrogens is 1. The van der Waals surface area contributed by atoms with Gasteiger partial charge in [-0.3, -0.25) is 4.79 Å². The molecule has 0 radical (unpaired) electrons. The predicted molar refractivity (Wildman–Crippen MR) is 64.6 cm³/mol. The molecule has 0 aromatic carbocycles. The van der Waals surface area contributed by atoms with E-state index in [4.69, 9.17) is 0 Å². The van der Waals surface area contributed by atoms with Crippen LogP contribution in [0.1, 0.15) is 23.4 Å². The van der Waals surface area contributed by atoms with Crippen molar-refractivity contribution in [3.8, 4) is 0 Å². The number of hydrogen-bond donors (Lipinski definition) is 2. The molecule has 2 rings (SSSR count). The highest BCUT2D eigenvalue weighted by Gasteiger charge is 2.22. The van der Waals surface area contributed by atoms with Gasteiger partial charge in [0.25, 0.3) is 0 Å². The fourth-order valence-corrected chi connectivity index (χ4v) is 2.26. The van der Waals surface area contributed by atoms with Gasteiger partial charge >= 0.3 is 0 Å². The van der Waals surface area contributed by atoms with Crippen molar-refractivity contribution in [1.29, 1.82) is 0 Å². The van der Waals surface area contributed by atoms with Gasteiger partial charge in [-0.25, -0.2) is 4.98 Å². The normalized spacial score (nSPS) is 15.1. The molecule has 2 N–H and O–H groups in total. The predicted octanol–water partition coefficient (Wildman–Crippen LogP) is 0.862. The molecule has 1 saturated carbocycles. The zero-order chi connectivity index (χ0) is 11.4. The van der Waals surface area contributed by atoms with Crippen LogP contribution >= 0.6 is 11.3 Å². The summed E-state index contributed by atoms with van der Waals surface area (Å²) < 4.78 is 0. The minimum absolute atomic E-state index is 0.114. The van der Waals surface area contributed by atoms with E-state index in [1.54, 1.807) is 11.3 Å². The molecule has 1 aromatic heterocycles. The summed E-state index contributed by atoms with van der Waals surface area (Å²) in [6.45, 7) is 3.28. The number of carbonyl (C=O) groups excluding carboxylic acids is 1. The molecule has 1 aromatic rings. The zero-order valence-electron chi connectivity index (χ0n) is 9.45. The molecule has 88 valence electrons. The highest BCUT2D eigenvalue weighted by atomic mass is 32.1. The number of nitrogens with one attached hydrogen (secondary N) is 2. The van der Waals surface area contributed by atoms with Gasteiger partial charge in [0, 0.05) is 17.5 Å². The van der Waals surface area contributed by atoms with Gasteiger partial charge in [-0.2, -0.15) is 0 Å². The first-order valence-corrected chi connectivity index (χ1v) is 6.52. The minimum atomic E-state index is 0.114. The van der Waals surface area contributed by atoms with Crippen LogP contribution in [0.5, 0.6) is 0 Å². The Kier molecular flexibility index (Phi) is 3.90. The second kappa shape index (κ2) is 5.41. The first kappa shape index (κ1) is 11.5. The molecule has 5 heteroatoms. The summed E-state index contributed by atoms with van der Waals surface area (Å²) in [5, 5.41) is 6.10. The smallest absolute Gasteiger partial charge is 0.234 e. The molecule has 16 heavy (non-hydrogen) atoms. The summed E-state index contributed by atoms with van der Waals surface area (Å²) in [6.07, 6.45) is 3.24. The van der Waals surface area contributed by atoms with Gasteiger partial charge < -0.3 is 10.6 Å².